The number of rotatable bonds is 3. The second-order valence-corrected chi connectivity index (χ2v) is 6.47. The molecular formula is C20H13N3OS. The molecule has 4 rings (SSSR count). The number of hydrogen-bond acceptors (Lipinski definition) is 4. The molecule has 25 heavy (non-hydrogen) atoms. The molecule has 0 amide bonds. The first-order chi connectivity index (χ1) is 12.3. The highest BCUT2D eigenvalue weighted by Crippen LogP contribution is 2.37. The Morgan fingerprint density at radius 1 is 0.920 bits per heavy atom. The standard InChI is InChI=1S/C20H13N3OS/c21-13-17-19(22-14-7-3-1-4-8-14)16-11-12-18(24)23(20(16)25-17)15-9-5-2-6-10-15/h1-12,22H. The second kappa shape index (κ2) is 6.27. The molecule has 2 aromatic heterocycles. The Balaban J connectivity index is 1.97. The molecule has 0 saturated heterocycles. The SMILES string of the molecule is N#Cc1sc2c(ccc(=O)n2-c2ccccc2)c1Nc1ccccc1. The smallest absolute Gasteiger partial charge is 0.256 e. The van der Waals surface area contributed by atoms with Gasteiger partial charge in [0.25, 0.3) is 5.56 Å². The Bertz CT molecular complexity index is 1140. The third kappa shape index (κ3) is 2.69. The summed E-state index contributed by atoms with van der Waals surface area (Å²) in [7, 11) is 0. The van der Waals surface area contributed by atoms with Crippen LogP contribution in [-0.4, -0.2) is 4.57 Å². The van der Waals surface area contributed by atoms with Crippen LogP contribution in [0.3, 0.4) is 0 Å². The van der Waals surface area contributed by atoms with Crippen LogP contribution in [0.5, 0.6) is 0 Å². The highest BCUT2D eigenvalue weighted by molar-refractivity contribution is 7.20. The Labute approximate surface area is 148 Å². The topological polar surface area (TPSA) is 57.8 Å². The lowest BCUT2D eigenvalue weighted by Crippen LogP contribution is -2.16. The van der Waals surface area contributed by atoms with Crippen molar-refractivity contribution in [2.45, 2.75) is 0 Å². The lowest BCUT2D eigenvalue weighted by Gasteiger charge is -2.08. The minimum Gasteiger partial charge on any atom is -0.353 e. The van der Waals surface area contributed by atoms with E-state index >= 15 is 0 Å². The Morgan fingerprint density at radius 3 is 2.28 bits per heavy atom. The van der Waals surface area contributed by atoms with Gasteiger partial charge in [0.1, 0.15) is 15.8 Å². The number of thiophene rings is 1. The number of anilines is 2. The van der Waals surface area contributed by atoms with Gasteiger partial charge in [-0.25, -0.2) is 0 Å². The number of para-hydroxylation sites is 2. The number of nitrogens with one attached hydrogen (secondary N) is 1. The van der Waals surface area contributed by atoms with E-state index < -0.39 is 0 Å². The maximum Gasteiger partial charge on any atom is 0.256 e. The lowest BCUT2D eigenvalue weighted by molar-refractivity contribution is 1.06. The van der Waals surface area contributed by atoms with Gasteiger partial charge in [-0.2, -0.15) is 5.26 Å². The molecule has 1 N–H and O–H groups in total. The van der Waals surface area contributed by atoms with Gasteiger partial charge < -0.3 is 5.32 Å². The van der Waals surface area contributed by atoms with E-state index in [0.29, 0.717) is 4.88 Å². The van der Waals surface area contributed by atoms with E-state index in [0.717, 1.165) is 27.3 Å². The summed E-state index contributed by atoms with van der Waals surface area (Å²) in [5.74, 6) is 0. The number of pyridine rings is 1. The summed E-state index contributed by atoms with van der Waals surface area (Å²) in [5, 5.41) is 13.7. The summed E-state index contributed by atoms with van der Waals surface area (Å²) >= 11 is 1.32. The third-order valence-corrected chi connectivity index (χ3v) is 5.00. The molecule has 0 atom stereocenters. The zero-order chi connectivity index (χ0) is 17.2. The summed E-state index contributed by atoms with van der Waals surface area (Å²) in [6.45, 7) is 0. The van der Waals surface area contributed by atoms with Gasteiger partial charge in [0.15, 0.2) is 0 Å². The molecule has 0 spiro atoms. The van der Waals surface area contributed by atoms with Gasteiger partial charge in [-0.15, -0.1) is 11.3 Å². The molecule has 120 valence electrons. The Hall–Kier alpha value is -3.36. The molecule has 0 aliphatic heterocycles. The number of hydrogen-bond donors (Lipinski definition) is 1. The maximum atomic E-state index is 12.5. The van der Waals surface area contributed by atoms with Gasteiger partial charge in [-0.1, -0.05) is 36.4 Å². The van der Waals surface area contributed by atoms with E-state index in [2.05, 4.69) is 11.4 Å². The third-order valence-electron chi connectivity index (χ3n) is 3.90. The largest absolute Gasteiger partial charge is 0.353 e. The first-order valence-electron chi connectivity index (χ1n) is 7.74. The van der Waals surface area contributed by atoms with Crippen LogP contribution >= 0.6 is 11.3 Å². The molecule has 0 aliphatic carbocycles. The predicted molar refractivity (Wildman–Crippen MR) is 102 cm³/mol. The zero-order valence-electron chi connectivity index (χ0n) is 13.1. The Morgan fingerprint density at radius 2 is 1.60 bits per heavy atom. The summed E-state index contributed by atoms with van der Waals surface area (Å²) in [6.07, 6.45) is 0. The highest BCUT2D eigenvalue weighted by atomic mass is 32.1. The van der Waals surface area contributed by atoms with E-state index in [1.54, 1.807) is 16.7 Å². The zero-order valence-corrected chi connectivity index (χ0v) is 14.0. The first-order valence-corrected chi connectivity index (χ1v) is 8.56. The summed E-state index contributed by atoms with van der Waals surface area (Å²) < 4.78 is 1.65. The van der Waals surface area contributed by atoms with Crippen LogP contribution in [0, 0.1) is 11.3 Å². The van der Waals surface area contributed by atoms with E-state index in [-0.39, 0.29) is 5.56 Å². The van der Waals surface area contributed by atoms with E-state index in [4.69, 9.17) is 0 Å². The van der Waals surface area contributed by atoms with Gasteiger partial charge in [-0.05, 0) is 30.3 Å². The molecule has 4 aromatic rings. The van der Waals surface area contributed by atoms with Crippen molar-refractivity contribution in [3.63, 3.8) is 0 Å². The van der Waals surface area contributed by atoms with Crippen molar-refractivity contribution >= 4 is 32.9 Å². The van der Waals surface area contributed by atoms with Crippen LogP contribution in [0.1, 0.15) is 4.88 Å². The lowest BCUT2D eigenvalue weighted by atomic mass is 10.2. The fourth-order valence-corrected chi connectivity index (χ4v) is 3.84. The van der Waals surface area contributed by atoms with Crippen LogP contribution in [0.15, 0.2) is 77.6 Å². The average Bonchev–Trinajstić information content (AvgIpc) is 3.00. The van der Waals surface area contributed by atoms with Crippen molar-refractivity contribution in [1.82, 2.24) is 4.57 Å². The first kappa shape index (κ1) is 15.2. The molecule has 0 bridgehead atoms. The molecule has 5 heteroatoms. The molecule has 2 heterocycles. The molecule has 2 aromatic carbocycles. The Kier molecular flexibility index (Phi) is 3.81. The van der Waals surface area contributed by atoms with Crippen molar-refractivity contribution < 1.29 is 0 Å². The maximum absolute atomic E-state index is 12.5. The van der Waals surface area contributed by atoms with Gasteiger partial charge in [0, 0.05) is 17.1 Å². The van der Waals surface area contributed by atoms with E-state index in [1.165, 1.54) is 11.3 Å². The number of aromatic nitrogens is 1. The molecule has 0 aliphatic rings. The van der Waals surface area contributed by atoms with Crippen LogP contribution in [-0.2, 0) is 0 Å². The van der Waals surface area contributed by atoms with Crippen molar-refractivity contribution in [2.75, 3.05) is 5.32 Å². The van der Waals surface area contributed by atoms with Crippen LogP contribution < -0.4 is 10.9 Å². The van der Waals surface area contributed by atoms with E-state index in [1.807, 2.05) is 60.7 Å². The number of nitriles is 1. The number of fused-ring (bicyclic) bond motifs is 1. The minimum absolute atomic E-state index is 0.115. The second-order valence-electron chi connectivity index (χ2n) is 5.47. The quantitative estimate of drug-likeness (QED) is 0.588. The normalized spacial score (nSPS) is 10.5. The molecule has 0 unspecified atom stereocenters. The van der Waals surface area contributed by atoms with Crippen molar-refractivity contribution in [1.29, 1.82) is 5.26 Å². The fraction of sp³-hybridized carbons (Fsp3) is 0. The monoisotopic (exact) mass is 343 g/mol. The average molecular weight is 343 g/mol. The van der Waals surface area contributed by atoms with Crippen molar-refractivity contribution in [3.05, 3.63) is 88.0 Å². The van der Waals surface area contributed by atoms with Gasteiger partial charge in [0.2, 0.25) is 0 Å². The molecular weight excluding hydrogens is 330 g/mol. The van der Waals surface area contributed by atoms with Crippen LogP contribution in [0.25, 0.3) is 15.9 Å². The minimum atomic E-state index is -0.115. The fourth-order valence-electron chi connectivity index (χ4n) is 2.77. The molecule has 0 fully saturated rings. The van der Waals surface area contributed by atoms with Crippen molar-refractivity contribution in [3.8, 4) is 11.8 Å². The van der Waals surface area contributed by atoms with Crippen molar-refractivity contribution in [2.24, 2.45) is 0 Å². The number of benzene rings is 2. The predicted octanol–water partition coefficient (Wildman–Crippen LogP) is 4.67. The molecule has 4 nitrogen and oxygen atoms in total. The number of nitrogens with zero attached hydrogens (tertiary/aromatic N) is 2. The van der Waals surface area contributed by atoms with Gasteiger partial charge in [0.05, 0.1) is 11.4 Å². The molecule has 0 radical (unpaired) electrons. The summed E-state index contributed by atoms with van der Waals surface area (Å²) in [5.41, 5.74) is 2.31. The van der Waals surface area contributed by atoms with Crippen LogP contribution in [0.4, 0.5) is 11.4 Å². The summed E-state index contributed by atoms with van der Waals surface area (Å²) in [6, 6.07) is 24.7. The van der Waals surface area contributed by atoms with E-state index in [9.17, 15) is 10.1 Å². The van der Waals surface area contributed by atoms with Gasteiger partial charge >= 0.3 is 0 Å². The molecule has 0 saturated carbocycles. The summed E-state index contributed by atoms with van der Waals surface area (Å²) in [4.78, 5) is 13.8. The highest BCUT2D eigenvalue weighted by Gasteiger charge is 2.16. The van der Waals surface area contributed by atoms with Crippen LogP contribution in [0.2, 0.25) is 0 Å². The van der Waals surface area contributed by atoms with Gasteiger partial charge in [-0.3, -0.25) is 9.36 Å².